The van der Waals surface area contributed by atoms with E-state index in [1.807, 2.05) is 42.7 Å². The number of benzene rings is 4. The van der Waals surface area contributed by atoms with Crippen molar-refractivity contribution in [2.75, 3.05) is 0 Å². The van der Waals surface area contributed by atoms with Crippen LogP contribution in [-0.4, -0.2) is 14.5 Å². The Balaban J connectivity index is 1.63. The molecule has 0 amide bonds. The SMILES string of the molecule is c1ccc(-c2cccc(-c3ccccc3)c2-n2ccnc2-c2ccc3ocnc3c2)cc1. The third-order valence-electron chi connectivity index (χ3n) is 5.68. The second-order valence-corrected chi connectivity index (χ2v) is 7.59. The molecule has 0 radical (unpaired) electrons. The van der Waals surface area contributed by atoms with Crippen LogP contribution in [0, 0.1) is 0 Å². The summed E-state index contributed by atoms with van der Waals surface area (Å²) in [6.07, 6.45) is 5.34. The molecule has 32 heavy (non-hydrogen) atoms. The highest BCUT2D eigenvalue weighted by Gasteiger charge is 2.18. The van der Waals surface area contributed by atoms with Crippen LogP contribution in [0.2, 0.25) is 0 Å². The summed E-state index contributed by atoms with van der Waals surface area (Å²) in [5, 5.41) is 0. The Morgan fingerprint density at radius 3 is 2.00 bits per heavy atom. The minimum Gasteiger partial charge on any atom is -0.443 e. The lowest BCUT2D eigenvalue weighted by Gasteiger charge is -2.18. The Hall–Kier alpha value is -4.44. The first-order valence-corrected chi connectivity index (χ1v) is 10.5. The molecule has 6 aromatic rings. The van der Waals surface area contributed by atoms with E-state index in [-0.39, 0.29) is 0 Å². The first-order chi connectivity index (χ1) is 15.9. The van der Waals surface area contributed by atoms with Crippen molar-refractivity contribution in [3.63, 3.8) is 0 Å². The fourth-order valence-corrected chi connectivity index (χ4v) is 4.20. The van der Waals surface area contributed by atoms with Gasteiger partial charge in [-0.1, -0.05) is 78.9 Å². The van der Waals surface area contributed by atoms with Crippen LogP contribution < -0.4 is 0 Å². The van der Waals surface area contributed by atoms with E-state index in [0.717, 1.165) is 50.4 Å². The van der Waals surface area contributed by atoms with E-state index >= 15 is 0 Å². The van der Waals surface area contributed by atoms with Crippen LogP contribution in [0.1, 0.15) is 0 Å². The van der Waals surface area contributed by atoms with Gasteiger partial charge < -0.3 is 4.42 Å². The molecule has 4 heteroatoms. The van der Waals surface area contributed by atoms with Crippen molar-refractivity contribution in [3.8, 4) is 39.3 Å². The molecule has 2 heterocycles. The van der Waals surface area contributed by atoms with Gasteiger partial charge in [0.15, 0.2) is 12.0 Å². The van der Waals surface area contributed by atoms with Crippen LogP contribution in [0.5, 0.6) is 0 Å². The first kappa shape index (κ1) is 18.3. The second kappa shape index (κ2) is 7.67. The molecule has 0 aliphatic rings. The van der Waals surface area contributed by atoms with Gasteiger partial charge in [0.25, 0.3) is 0 Å². The molecule has 0 atom stereocenters. The zero-order valence-electron chi connectivity index (χ0n) is 17.2. The Labute approximate surface area is 185 Å². The number of para-hydroxylation sites is 1. The number of hydrogen-bond donors (Lipinski definition) is 0. The maximum Gasteiger partial charge on any atom is 0.181 e. The minimum atomic E-state index is 0.765. The normalized spacial score (nSPS) is 11.1. The lowest BCUT2D eigenvalue weighted by molar-refractivity contribution is 0.602. The van der Waals surface area contributed by atoms with Crippen molar-refractivity contribution < 1.29 is 4.42 Å². The van der Waals surface area contributed by atoms with Gasteiger partial charge in [-0.2, -0.15) is 0 Å². The van der Waals surface area contributed by atoms with Crippen LogP contribution in [0.4, 0.5) is 0 Å². The molecule has 0 saturated carbocycles. The van der Waals surface area contributed by atoms with Gasteiger partial charge in [0.1, 0.15) is 11.3 Å². The van der Waals surface area contributed by atoms with Gasteiger partial charge in [0, 0.05) is 29.1 Å². The fraction of sp³-hybridized carbons (Fsp3) is 0. The molecular formula is C28H19N3O. The lowest BCUT2D eigenvalue weighted by atomic mass is 9.95. The van der Waals surface area contributed by atoms with Crippen molar-refractivity contribution in [3.05, 3.63) is 116 Å². The van der Waals surface area contributed by atoms with Gasteiger partial charge in [-0.15, -0.1) is 0 Å². The number of rotatable bonds is 4. The summed E-state index contributed by atoms with van der Waals surface area (Å²) in [5.41, 5.74) is 8.27. The van der Waals surface area contributed by atoms with Crippen LogP contribution >= 0.6 is 0 Å². The Bertz CT molecular complexity index is 1460. The zero-order valence-corrected chi connectivity index (χ0v) is 17.2. The van der Waals surface area contributed by atoms with Gasteiger partial charge in [0.2, 0.25) is 0 Å². The molecule has 0 saturated heterocycles. The highest BCUT2D eigenvalue weighted by Crippen LogP contribution is 2.37. The number of hydrogen-bond acceptors (Lipinski definition) is 3. The van der Waals surface area contributed by atoms with E-state index < -0.39 is 0 Å². The van der Waals surface area contributed by atoms with Crippen molar-refractivity contribution in [1.82, 2.24) is 14.5 Å². The quantitative estimate of drug-likeness (QED) is 0.312. The molecule has 0 spiro atoms. The van der Waals surface area contributed by atoms with Crippen LogP contribution in [0.25, 0.3) is 50.4 Å². The van der Waals surface area contributed by atoms with E-state index in [4.69, 9.17) is 9.40 Å². The van der Waals surface area contributed by atoms with E-state index in [2.05, 4.69) is 76.3 Å². The Kier molecular flexibility index (Phi) is 4.40. The Morgan fingerprint density at radius 1 is 0.625 bits per heavy atom. The smallest absolute Gasteiger partial charge is 0.181 e. The molecule has 0 aliphatic carbocycles. The van der Waals surface area contributed by atoms with E-state index in [9.17, 15) is 0 Å². The lowest BCUT2D eigenvalue weighted by Crippen LogP contribution is -2.02. The van der Waals surface area contributed by atoms with Crippen molar-refractivity contribution in [2.45, 2.75) is 0 Å². The number of aromatic nitrogens is 3. The van der Waals surface area contributed by atoms with Gasteiger partial charge in [-0.3, -0.25) is 4.57 Å². The number of nitrogens with zero attached hydrogens (tertiary/aromatic N) is 3. The van der Waals surface area contributed by atoms with E-state index in [0.29, 0.717) is 0 Å². The maximum atomic E-state index is 5.42. The Morgan fingerprint density at radius 2 is 1.31 bits per heavy atom. The molecule has 6 rings (SSSR count). The van der Waals surface area contributed by atoms with Crippen LogP contribution in [0.15, 0.2) is 120 Å². The molecule has 2 aromatic heterocycles. The first-order valence-electron chi connectivity index (χ1n) is 10.5. The molecule has 0 fully saturated rings. The molecule has 0 N–H and O–H groups in total. The molecule has 0 bridgehead atoms. The predicted molar refractivity (Wildman–Crippen MR) is 127 cm³/mol. The zero-order chi connectivity index (χ0) is 21.3. The van der Waals surface area contributed by atoms with Gasteiger partial charge >= 0.3 is 0 Å². The molecule has 4 aromatic carbocycles. The van der Waals surface area contributed by atoms with Gasteiger partial charge in [-0.25, -0.2) is 9.97 Å². The summed E-state index contributed by atoms with van der Waals surface area (Å²) < 4.78 is 7.59. The van der Waals surface area contributed by atoms with Crippen molar-refractivity contribution in [2.24, 2.45) is 0 Å². The summed E-state index contributed by atoms with van der Waals surface area (Å²) in [6, 6.07) is 33.4. The van der Waals surface area contributed by atoms with Crippen LogP contribution in [0.3, 0.4) is 0 Å². The highest BCUT2D eigenvalue weighted by molar-refractivity contribution is 5.87. The predicted octanol–water partition coefficient (Wildman–Crippen LogP) is 7.01. The summed E-state index contributed by atoms with van der Waals surface area (Å²) in [4.78, 5) is 9.05. The van der Waals surface area contributed by atoms with E-state index in [1.54, 1.807) is 0 Å². The average Bonchev–Trinajstić information content (AvgIpc) is 3.54. The summed E-state index contributed by atoms with van der Waals surface area (Å²) >= 11 is 0. The number of oxazole rings is 1. The highest BCUT2D eigenvalue weighted by atomic mass is 16.3. The maximum absolute atomic E-state index is 5.42. The molecular weight excluding hydrogens is 394 g/mol. The third kappa shape index (κ3) is 3.10. The standard InChI is InChI=1S/C28H19N3O/c1-3-8-20(9-4-1)23-12-7-13-24(21-10-5-2-6-11-21)27(23)31-17-16-29-28(31)22-14-15-26-25(18-22)30-19-32-26/h1-19H. The van der Waals surface area contributed by atoms with E-state index in [1.165, 1.54) is 6.39 Å². The van der Waals surface area contributed by atoms with Crippen molar-refractivity contribution in [1.29, 1.82) is 0 Å². The molecule has 0 unspecified atom stereocenters. The number of imidazole rings is 1. The summed E-state index contributed by atoms with van der Waals surface area (Å²) in [7, 11) is 0. The number of fused-ring (bicyclic) bond motifs is 1. The average molecular weight is 413 g/mol. The fourth-order valence-electron chi connectivity index (χ4n) is 4.20. The van der Waals surface area contributed by atoms with Crippen LogP contribution in [-0.2, 0) is 0 Å². The molecule has 152 valence electrons. The van der Waals surface area contributed by atoms with Crippen molar-refractivity contribution >= 4 is 11.1 Å². The second-order valence-electron chi connectivity index (χ2n) is 7.59. The molecule has 0 aliphatic heterocycles. The minimum absolute atomic E-state index is 0.765. The molecule has 4 nitrogen and oxygen atoms in total. The summed E-state index contributed by atoms with van der Waals surface area (Å²) in [5.74, 6) is 0.857. The monoisotopic (exact) mass is 413 g/mol. The van der Waals surface area contributed by atoms with Gasteiger partial charge in [0.05, 0.1) is 5.69 Å². The van der Waals surface area contributed by atoms with Gasteiger partial charge in [-0.05, 0) is 29.3 Å². The summed E-state index contributed by atoms with van der Waals surface area (Å²) in [6.45, 7) is 0. The topological polar surface area (TPSA) is 43.9 Å². The largest absolute Gasteiger partial charge is 0.443 e. The third-order valence-corrected chi connectivity index (χ3v) is 5.68.